The summed E-state index contributed by atoms with van der Waals surface area (Å²) in [6, 6.07) is 13.6. The molecule has 1 N–H and O–H groups in total. The summed E-state index contributed by atoms with van der Waals surface area (Å²) in [5.41, 5.74) is 1.85. The second kappa shape index (κ2) is 8.28. The van der Waals surface area contributed by atoms with Gasteiger partial charge in [0.05, 0.1) is 17.3 Å². The Kier molecular flexibility index (Phi) is 5.59. The first kappa shape index (κ1) is 18.9. The van der Waals surface area contributed by atoms with Crippen LogP contribution >= 0.6 is 23.1 Å². The highest BCUT2D eigenvalue weighted by Crippen LogP contribution is 2.34. The minimum atomic E-state index is -0.0706. The normalized spacial score (nSPS) is 14.4. The maximum Gasteiger partial charge on any atom is 0.321 e. The summed E-state index contributed by atoms with van der Waals surface area (Å²) >= 11 is 3.44. The molecular formula is C20H22N4O2S2. The summed E-state index contributed by atoms with van der Waals surface area (Å²) in [6.07, 6.45) is 2.08. The molecule has 0 saturated carbocycles. The van der Waals surface area contributed by atoms with E-state index in [1.54, 1.807) is 30.2 Å². The zero-order valence-electron chi connectivity index (χ0n) is 15.8. The van der Waals surface area contributed by atoms with Gasteiger partial charge in [-0.15, -0.1) is 11.8 Å². The quantitative estimate of drug-likeness (QED) is 0.642. The number of urea groups is 1. The van der Waals surface area contributed by atoms with E-state index >= 15 is 0 Å². The number of nitrogens with one attached hydrogen (secondary N) is 1. The van der Waals surface area contributed by atoms with Crippen molar-refractivity contribution in [3.8, 4) is 5.75 Å². The summed E-state index contributed by atoms with van der Waals surface area (Å²) in [5, 5.41) is 3.99. The first-order chi connectivity index (χ1) is 13.7. The average Bonchev–Trinajstić information content (AvgIpc) is 3.19. The number of hydrogen-bond donors (Lipinski definition) is 1. The van der Waals surface area contributed by atoms with Gasteiger partial charge in [0.25, 0.3) is 0 Å². The van der Waals surface area contributed by atoms with Crippen molar-refractivity contribution < 1.29 is 9.53 Å². The lowest BCUT2D eigenvalue weighted by Gasteiger charge is -2.34. The SMILES string of the molecule is COc1ccc(NC(=O)N2CCN(c3nc4c(SC)cccc4s3)CC2)cc1. The highest BCUT2D eigenvalue weighted by Gasteiger charge is 2.23. The van der Waals surface area contributed by atoms with Crippen molar-refractivity contribution in [2.75, 3.05) is 49.8 Å². The number of para-hydroxylation sites is 1. The lowest BCUT2D eigenvalue weighted by molar-refractivity contribution is 0.208. The summed E-state index contributed by atoms with van der Waals surface area (Å²) in [7, 11) is 1.63. The molecule has 1 aromatic heterocycles. The standard InChI is InChI=1S/C20H22N4O2S2/c1-26-15-8-6-14(7-9-15)21-19(25)23-10-12-24(13-11-23)20-22-18-16(27-2)4-3-5-17(18)28-20/h3-9H,10-13H2,1-2H3,(H,21,25). The van der Waals surface area contributed by atoms with Crippen molar-refractivity contribution in [3.63, 3.8) is 0 Å². The number of thiazole rings is 1. The van der Waals surface area contributed by atoms with Crippen molar-refractivity contribution in [1.29, 1.82) is 0 Å². The van der Waals surface area contributed by atoms with Crippen molar-refractivity contribution in [3.05, 3.63) is 42.5 Å². The Bertz CT molecular complexity index is 966. The number of carbonyl (C=O) groups is 1. The number of rotatable bonds is 4. The summed E-state index contributed by atoms with van der Waals surface area (Å²) in [4.78, 5) is 22.7. The first-order valence-electron chi connectivity index (χ1n) is 9.06. The van der Waals surface area contributed by atoms with Crippen molar-refractivity contribution in [1.82, 2.24) is 9.88 Å². The Hall–Kier alpha value is -2.45. The van der Waals surface area contributed by atoms with Crippen molar-refractivity contribution in [2.24, 2.45) is 0 Å². The monoisotopic (exact) mass is 414 g/mol. The van der Waals surface area contributed by atoms with Crippen LogP contribution in [0.2, 0.25) is 0 Å². The van der Waals surface area contributed by atoms with Crippen LogP contribution in [0.5, 0.6) is 5.75 Å². The zero-order chi connectivity index (χ0) is 19.5. The molecule has 1 aliphatic rings. The number of carbonyl (C=O) groups excluding carboxylic acids is 1. The highest BCUT2D eigenvalue weighted by molar-refractivity contribution is 7.98. The van der Waals surface area contributed by atoms with Crippen LogP contribution in [0.15, 0.2) is 47.4 Å². The van der Waals surface area contributed by atoms with Crippen molar-refractivity contribution in [2.45, 2.75) is 4.90 Å². The molecule has 3 aromatic rings. The number of aromatic nitrogens is 1. The van der Waals surface area contributed by atoms with E-state index in [9.17, 15) is 4.79 Å². The Morgan fingerprint density at radius 2 is 1.89 bits per heavy atom. The minimum Gasteiger partial charge on any atom is -0.497 e. The number of hydrogen-bond acceptors (Lipinski definition) is 6. The largest absolute Gasteiger partial charge is 0.497 e. The molecule has 146 valence electrons. The number of amides is 2. The molecule has 4 rings (SSSR count). The van der Waals surface area contributed by atoms with Crippen molar-refractivity contribution >= 4 is 50.2 Å². The maximum atomic E-state index is 12.5. The van der Waals surface area contributed by atoms with Crippen LogP contribution < -0.4 is 15.0 Å². The maximum absolute atomic E-state index is 12.5. The van der Waals surface area contributed by atoms with Gasteiger partial charge in [0.1, 0.15) is 5.75 Å². The molecule has 0 spiro atoms. The Balaban J connectivity index is 1.38. The molecule has 0 aliphatic carbocycles. The van der Waals surface area contributed by atoms with Crippen LogP contribution in [-0.4, -0.2) is 55.5 Å². The molecule has 1 saturated heterocycles. The lowest BCUT2D eigenvalue weighted by Crippen LogP contribution is -2.50. The van der Waals surface area contributed by atoms with Gasteiger partial charge in [0, 0.05) is 36.8 Å². The predicted octanol–water partition coefficient (Wildman–Crippen LogP) is 4.38. The Morgan fingerprint density at radius 3 is 2.57 bits per heavy atom. The van der Waals surface area contributed by atoms with Crippen LogP contribution in [-0.2, 0) is 0 Å². The molecule has 6 nitrogen and oxygen atoms in total. The molecule has 2 aromatic carbocycles. The number of thioether (sulfide) groups is 1. The lowest BCUT2D eigenvalue weighted by atomic mass is 10.3. The van der Waals surface area contributed by atoms with E-state index < -0.39 is 0 Å². The molecule has 0 atom stereocenters. The number of anilines is 2. The third kappa shape index (κ3) is 3.88. The van der Waals surface area contributed by atoms with E-state index in [0.29, 0.717) is 13.1 Å². The van der Waals surface area contributed by atoms with Gasteiger partial charge in [-0.1, -0.05) is 17.4 Å². The minimum absolute atomic E-state index is 0.0706. The number of piperazine rings is 1. The number of fused-ring (bicyclic) bond motifs is 1. The fraction of sp³-hybridized carbons (Fsp3) is 0.300. The average molecular weight is 415 g/mol. The van der Waals surface area contributed by atoms with Gasteiger partial charge in [-0.3, -0.25) is 0 Å². The molecule has 1 fully saturated rings. The van der Waals surface area contributed by atoms with Gasteiger partial charge < -0.3 is 19.9 Å². The summed E-state index contributed by atoms with van der Waals surface area (Å²) in [5.74, 6) is 0.770. The third-order valence-electron chi connectivity index (χ3n) is 4.77. The molecule has 8 heteroatoms. The van der Waals surface area contributed by atoms with Gasteiger partial charge in [0.15, 0.2) is 5.13 Å². The van der Waals surface area contributed by atoms with E-state index in [1.807, 2.05) is 29.2 Å². The number of ether oxygens (including phenoxy) is 1. The van der Waals surface area contributed by atoms with E-state index in [4.69, 9.17) is 9.72 Å². The smallest absolute Gasteiger partial charge is 0.321 e. The summed E-state index contributed by atoms with van der Waals surface area (Å²) < 4.78 is 6.36. The first-order valence-corrected chi connectivity index (χ1v) is 11.1. The van der Waals surface area contributed by atoms with Crippen LogP contribution in [0.1, 0.15) is 0 Å². The van der Waals surface area contributed by atoms with Crippen LogP contribution in [0.3, 0.4) is 0 Å². The zero-order valence-corrected chi connectivity index (χ0v) is 17.5. The number of methoxy groups -OCH3 is 1. The fourth-order valence-corrected chi connectivity index (χ4v) is 4.86. The van der Waals surface area contributed by atoms with Gasteiger partial charge >= 0.3 is 6.03 Å². The molecule has 2 amide bonds. The molecule has 1 aliphatic heterocycles. The molecular weight excluding hydrogens is 392 g/mol. The van der Waals surface area contributed by atoms with E-state index in [2.05, 4.69) is 34.7 Å². The second-order valence-electron chi connectivity index (χ2n) is 6.44. The molecule has 0 radical (unpaired) electrons. The van der Waals surface area contributed by atoms with E-state index in [1.165, 1.54) is 9.60 Å². The van der Waals surface area contributed by atoms with Crippen LogP contribution in [0.25, 0.3) is 10.2 Å². The highest BCUT2D eigenvalue weighted by atomic mass is 32.2. The van der Waals surface area contributed by atoms with Gasteiger partial charge in [-0.2, -0.15) is 0 Å². The van der Waals surface area contributed by atoms with Crippen LogP contribution in [0.4, 0.5) is 15.6 Å². The van der Waals surface area contributed by atoms with Crippen LogP contribution in [0, 0.1) is 0 Å². The molecule has 28 heavy (non-hydrogen) atoms. The third-order valence-corrected chi connectivity index (χ3v) is 6.62. The van der Waals surface area contributed by atoms with Gasteiger partial charge in [-0.25, -0.2) is 9.78 Å². The molecule has 2 heterocycles. The Morgan fingerprint density at radius 1 is 1.14 bits per heavy atom. The van der Waals surface area contributed by atoms with E-state index in [0.717, 1.165) is 35.2 Å². The molecule has 0 bridgehead atoms. The second-order valence-corrected chi connectivity index (χ2v) is 8.29. The summed E-state index contributed by atoms with van der Waals surface area (Å²) in [6.45, 7) is 2.91. The molecule has 0 unspecified atom stereocenters. The fourth-order valence-electron chi connectivity index (χ4n) is 3.19. The number of benzene rings is 2. The Labute approximate surface area is 172 Å². The topological polar surface area (TPSA) is 57.7 Å². The van der Waals surface area contributed by atoms with Gasteiger partial charge in [0.2, 0.25) is 0 Å². The predicted molar refractivity (Wildman–Crippen MR) is 117 cm³/mol. The van der Waals surface area contributed by atoms with Gasteiger partial charge in [-0.05, 0) is 42.7 Å². The van der Waals surface area contributed by atoms with E-state index in [-0.39, 0.29) is 6.03 Å². The number of nitrogens with zero attached hydrogens (tertiary/aromatic N) is 3.